The number of ether oxygens (including phenoxy) is 2. The van der Waals surface area contributed by atoms with Gasteiger partial charge in [-0.05, 0) is 31.2 Å². The molecular formula is C22H24N2O6. The lowest BCUT2D eigenvalue weighted by Gasteiger charge is -2.18. The van der Waals surface area contributed by atoms with Crippen LogP contribution in [-0.4, -0.2) is 36.8 Å². The number of urea groups is 1. The van der Waals surface area contributed by atoms with Crippen LogP contribution in [0.4, 0.5) is 4.79 Å². The standard InChI is InChI=1S/C22H24N2O6/c1-3-18(25)15-10-12-17(13-11-15)29-14-19(26)30-20(16-8-6-5-7-9-16)21(27)24-22(28)23-4-2/h5-13,20H,3-4,14H2,1-2H3,(H2,23,24,27,28)/t20-/m0/s1. The maximum absolute atomic E-state index is 12.4. The molecule has 1 atom stereocenters. The van der Waals surface area contributed by atoms with E-state index in [1.165, 1.54) is 0 Å². The number of imide groups is 1. The minimum Gasteiger partial charge on any atom is -0.482 e. The van der Waals surface area contributed by atoms with Gasteiger partial charge in [0.25, 0.3) is 5.91 Å². The topological polar surface area (TPSA) is 111 Å². The van der Waals surface area contributed by atoms with Gasteiger partial charge in [0.05, 0.1) is 0 Å². The van der Waals surface area contributed by atoms with Gasteiger partial charge in [0.1, 0.15) is 5.75 Å². The van der Waals surface area contributed by atoms with Gasteiger partial charge in [-0.25, -0.2) is 9.59 Å². The van der Waals surface area contributed by atoms with E-state index in [4.69, 9.17) is 9.47 Å². The summed E-state index contributed by atoms with van der Waals surface area (Å²) < 4.78 is 10.6. The fourth-order valence-electron chi connectivity index (χ4n) is 2.53. The summed E-state index contributed by atoms with van der Waals surface area (Å²) in [7, 11) is 0. The molecule has 158 valence electrons. The first-order valence-electron chi connectivity index (χ1n) is 9.53. The normalized spacial score (nSPS) is 11.1. The summed E-state index contributed by atoms with van der Waals surface area (Å²) in [4.78, 5) is 48.0. The first-order valence-corrected chi connectivity index (χ1v) is 9.53. The van der Waals surface area contributed by atoms with E-state index < -0.39 is 30.6 Å². The van der Waals surface area contributed by atoms with Crippen LogP contribution in [0.3, 0.4) is 0 Å². The monoisotopic (exact) mass is 412 g/mol. The van der Waals surface area contributed by atoms with Gasteiger partial charge < -0.3 is 14.8 Å². The average molecular weight is 412 g/mol. The highest BCUT2D eigenvalue weighted by Gasteiger charge is 2.26. The van der Waals surface area contributed by atoms with Crippen molar-refractivity contribution in [2.75, 3.05) is 13.2 Å². The zero-order valence-electron chi connectivity index (χ0n) is 16.8. The number of esters is 1. The fraction of sp³-hybridized carbons (Fsp3) is 0.273. The highest BCUT2D eigenvalue weighted by atomic mass is 16.6. The van der Waals surface area contributed by atoms with Gasteiger partial charge in [0, 0.05) is 24.1 Å². The molecule has 0 saturated carbocycles. The number of hydrogen-bond acceptors (Lipinski definition) is 6. The van der Waals surface area contributed by atoms with E-state index in [0.29, 0.717) is 29.8 Å². The predicted molar refractivity (Wildman–Crippen MR) is 109 cm³/mol. The van der Waals surface area contributed by atoms with Crippen molar-refractivity contribution in [1.29, 1.82) is 0 Å². The Morgan fingerprint density at radius 2 is 1.60 bits per heavy atom. The Morgan fingerprint density at radius 1 is 0.933 bits per heavy atom. The lowest BCUT2D eigenvalue weighted by molar-refractivity contribution is -0.158. The summed E-state index contributed by atoms with van der Waals surface area (Å²) in [6.07, 6.45) is -0.916. The molecule has 8 heteroatoms. The van der Waals surface area contributed by atoms with Gasteiger partial charge in [0.2, 0.25) is 6.10 Å². The number of carbonyl (C=O) groups excluding carboxylic acids is 4. The largest absolute Gasteiger partial charge is 0.482 e. The number of ketones is 1. The van der Waals surface area contributed by atoms with E-state index in [1.807, 2.05) is 0 Å². The molecule has 8 nitrogen and oxygen atoms in total. The van der Waals surface area contributed by atoms with E-state index in [0.717, 1.165) is 0 Å². The Labute approximate surface area is 174 Å². The Kier molecular flexibility index (Phi) is 8.56. The van der Waals surface area contributed by atoms with Crippen LogP contribution in [0.5, 0.6) is 5.75 Å². The van der Waals surface area contributed by atoms with Crippen LogP contribution >= 0.6 is 0 Å². The minimum absolute atomic E-state index is 0.00443. The van der Waals surface area contributed by atoms with Crippen LogP contribution in [0.2, 0.25) is 0 Å². The maximum Gasteiger partial charge on any atom is 0.345 e. The van der Waals surface area contributed by atoms with Crippen molar-refractivity contribution in [3.8, 4) is 5.75 Å². The molecule has 0 aliphatic carbocycles. The zero-order valence-corrected chi connectivity index (χ0v) is 16.8. The van der Waals surface area contributed by atoms with Crippen LogP contribution in [0.1, 0.15) is 42.3 Å². The van der Waals surface area contributed by atoms with Crippen LogP contribution in [0, 0.1) is 0 Å². The molecule has 2 N–H and O–H groups in total. The van der Waals surface area contributed by atoms with E-state index >= 15 is 0 Å². The van der Waals surface area contributed by atoms with E-state index in [2.05, 4.69) is 10.6 Å². The third-order valence-corrected chi connectivity index (χ3v) is 4.02. The van der Waals surface area contributed by atoms with E-state index in [9.17, 15) is 19.2 Å². The highest BCUT2D eigenvalue weighted by molar-refractivity contribution is 5.98. The molecule has 30 heavy (non-hydrogen) atoms. The lowest BCUT2D eigenvalue weighted by atomic mass is 10.1. The van der Waals surface area contributed by atoms with Gasteiger partial charge in [-0.2, -0.15) is 0 Å². The van der Waals surface area contributed by atoms with Crippen LogP contribution in [0.15, 0.2) is 54.6 Å². The Morgan fingerprint density at radius 3 is 2.20 bits per heavy atom. The number of hydrogen-bond donors (Lipinski definition) is 2. The Hall–Kier alpha value is -3.68. The summed E-state index contributed by atoms with van der Waals surface area (Å²) in [5.74, 6) is -1.18. The fourth-order valence-corrected chi connectivity index (χ4v) is 2.53. The second-order valence-corrected chi connectivity index (χ2v) is 6.22. The molecule has 0 aliphatic heterocycles. The molecule has 2 aromatic carbocycles. The lowest BCUT2D eigenvalue weighted by Crippen LogP contribution is -2.42. The number of rotatable bonds is 9. The zero-order chi connectivity index (χ0) is 21.9. The molecule has 0 aliphatic rings. The molecule has 0 heterocycles. The summed E-state index contributed by atoms with van der Waals surface area (Å²) in [6.45, 7) is 3.37. The van der Waals surface area contributed by atoms with Crippen LogP contribution in [0.25, 0.3) is 0 Å². The quantitative estimate of drug-likeness (QED) is 0.484. The summed E-state index contributed by atoms with van der Waals surface area (Å²) in [5.41, 5.74) is 0.966. The van der Waals surface area contributed by atoms with Crippen molar-refractivity contribution >= 4 is 23.7 Å². The number of carbonyl (C=O) groups is 4. The number of nitrogens with one attached hydrogen (secondary N) is 2. The SMILES string of the molecule is CCNC(=O)NC(=O)[C@@H](OC(=O)COc1ccc(C(=O)CC)cc1)c1ccccc1. The van der Waals surface area contributed by atoms with E-state index in [1.54, 1.807) is 68.4 Å². The first kappa shape index (κ1) is 22.6. The molecule has 0 radical (unpaired) electrons. The summed E-state index contributed by atoms with van der Waals surface area (Å²) in [6, 6.07) is 14.0. The number of Topliss-reactive ketones (excluding diaryl/α,β-unsaturated/α-hetero) is 1. The second-order valence-electron chi connectivity index (χ2n) is 6.22. The van der Waals surface area contributed by atoms with Gasteiger partial charge >= 0.3 is 12.0 Å². The van der Waals surface area contributed by atoms with Crippen molar-refractivity contribution < 1.29 is 28.7 Å². The second kappa shape index (κ2) is 11.4. The third-order valence-electron chi connectivity index (χ3n) is 4.02. The molecule has 0 bridgehead atoms. The first-order chi connectivity index (χ1) is 14.4. The van der Waals surface area contributed by atoms with Crippen LogP contribution in [-0.2, 0) is 14.3 Å². The minimum atomic E-state index is -1.31. The molecule has 0 spiro atoms. The van der Waals surface area contributed by atoms with E-state index in [-0.39, 0.29) is 5.78 Å². The smallest absolute Gasteiger partial charge is 0.345 e. The number of amides is 3. The van der Waals surface area contributed by atoms with Crippen molar-refractivity contribution in [2.45, 2.75) is 26.4 Å². The van der Waals surface area contributed by atoms with Crippen molar-refractivity contribution in [3.05, 3.63) is 65.7 Å². The number of benzene rings is 2. The Bertz CT molecular complexity index is 880. The van der Waals surface area contributed by atoms with Gasteiger partial charge in [-0.1, -0.05) is 37.3 Å². The third kappa shape index (κ3) is 6.73. The van der Waals surface area contributed by atoms with Gasteiger partial charge in [0.15, 0.2) is 12.4 Å². The molecule has 2 rings (SSSR count). The Balaban J connectivity index is 2.00. The van der Waals surface area contributed by atoms with Crippen molar-refractivity contribution in [2.24, 2.45) is 0 Å². The summed E-state index contributed by atoms with van der Waals surface area (Å²) >= 11 is 0. The van der Waals surface area contributed by atoms with Crippen molar-refractivity contribution in [3.63, 3.8) is 0 Å². The molecule has 2 aromatic rings. The van der Waals surface area contributed by atoms with Gasteiger partial charge in [-0.3, -0.25) is 14.9 Å². The molecule has 0 fully saturated rings. The highest BCUT2D eigenvalue weighted by Crippen LogP contribution is 2.19. The molecule has 0 unspecified atom stereocenters. The van der Waals surface area contributed by atoms with Crippen molar-refractivity contribution in [1.82, 2.24) is 10.6 Å². The molecule has 0 saturated heterocycles. The summed E-state index contributed by atoms with van der Waals surface area (Å²) in [5, 5.41) is 4.58. The predicted octanol–water partition coefficient (Wildman–Crippen LogP) is 2.79. The molecular weight excluding hydrogens is 388 g/mol. The average Bonchev–Trinajstić information content (AvgIpc) is 2.76. The van der Waals surface area contributed by atoms with Gasteiger partial charge in [-0.15, -0.1) is 0 Å². The maximum atomic E-state index is 12.4. The molecule has 3 amide bonds. The molecule has 0 aromatic heterocycles. The van der Waals surface area contributed by atoms with Crippen LogP contribution < -0.4 is 15.4 Å².